The number of hydrogen-bond acceptors (Lipinski definition) is 3. The van der Waals surface area contributed by atoms with Gasteiger partial charge in [-0.25, -0.2) is 0 Å². The van der Waals surface area contributed by atoms with E-state index in [0.717, 1.165) is 6.42 Å². The molecule has 0 aromatic heterocycles. The van der Waals surface area contributed by atoms with Gasteiger partial charge in [0.25, 0.3) is 5.91 Å². The summed E-state index contributed by atoms with van der Waals surface area (Å²) in [5.74, 6) is 0.532. The first-order valence-corrected chi connectivity index (χ1v) is 8.76. The number of likely N-dealkylation sites (N-methyl/N-ethyl adjacent to an activating group) is 1. The van der Waals surface area contributed by atoms with Gasteiger partial charge in [0.15, 0.2) is 0 Å². The molecule has 0 bridgehead atoms. The van der Waals surface area contributed by atoms with Crippen molar-refractivity contribution in [3.8, 4) is 5.75 Å². The summed E-state index contributed by atoms with van der Waals surface area (Å²) < 4.78 is 5.69. The summed E-state index contributed by atoms with van der Waals surface area (Å²) in [6.45, 7) is 5.26. The molecule has 4 heteroatoms. The molecule has 0 fully saturated rings. The molecule has 0 aliphatic carbocycles. The Balaban J connectivity index is 2.08. The minimum atomic E-state index is -0.106. The molecule has 4 nitrogen and oxygen atoms in total. The molecule has 2 aromatic rings. The maximum atomic E-state index is 12.6. The van der Waals surface area contributed by atoms with Crippen molar-refractivity contribution in [3.63, 3.8) is 0 Å². The molecule has 1 N–H and O–H groups in total. The first kappa shape index (κ1) is 19.0. The average Bonchev–Trinajstić information content (AvgIpc) is 2.61. The number of nitrogens with one attached hydrogen (secondary N) is 1. The molecule has 1 atom stereocenters. The second kappa shape index (κ2) is 9.23. The second-order valence-electron chi connectivity index (χ2n) is 6.44. The van der Waals surface area contributed by atoms with Gasteiger partial charge in [-0.1, -0.05) is 48.9 Å². The largest absolute Gasteiger partial charge is 0.493 e. The molecule has 0 radical (unpaired) electrons. The highest BCUT2D eigenvalue weighted by atomic mass is 16.5. The monoisotopic (exact) mass is 340 g/mol. The Morgan fingerprint density at radius 3 is 2.44 bits per heavy atom. The fourth-order valence-corrected chi connectivity index (χ4v) is 2.66. The van der Waals surface area contributed by atoms with Gasteiger partial charge in [-0.15, -0.1) is 0 Å². The van der Waals surface area contributed by atoms with Gasteiger partial charge in [-0.3, -0.25) is 4.79 Å². The molecular weight excluding hydrogens is 312 g/mol. The van der Waals surface area contributed by atoms with Crippen molar-refractivity contribution < 1.29 is 9.53 Å². The lowest BCUT2D eigenvalue weighted by atomic mass is 10.0. The number of aryl methyl sites for hydroxylation is 1. The van der Waals surface area contributed by atoms with Crippen LogP contribution >= 0.6 is 0 Å². The summed E-state index contributed by atoms with van der Waals surface area (Å²) in [4.78, 5) is 14.7. The Bertz CT molecular complexity index is 681. The topological polar surface area (TPSA) is 41.6 Å². The van der Waals surface area contributed by atoms with E-state index in [1.807, 2.05) is 39.2 Å². The van der Waals surface area contributed by atoms with Crippen LogP contribution in [0.4, 0.5) is 0 Å². The number of nitrogens with zero attached hydrogens (tertiary/aromatic N) is 1. The minimum Gasteiger partial charge on any atom is -0.493 e. The van der Waals surface area contributed by atoms with E-state index in [4.69, 9.17) is 4.74 Å². The summed E-state index contributed by atoms with van der Waals surface area (Å²) in [5, 5.41) is 3.05. The first-order valence-electron chi connectivity index (χ1n) is 8.76. The van der Waals surface area contributed by atoms with Gasteiger partial charge in [-0.05, 0) is 45.1 Å². The maximum absolute atomic E-state index is 12.6. The number of benzene rings is 2. The number of ether oxygens (including phenoxy) is 1. The van der Waals surface area contributed by atoms with Crippen LogP contribution in [0, 0.1) is 6.92 Å². The van der Waals surface area contributed by atoms with E-state index in [1.165, 1.54) is 11.1 Å². The smallest absolute Gasteiger partial charge is 0.255 e. The minimum absolute atomic E-state index is 0.106. The van der Waals surface area contributed by atoms with Crippen LogP contribution in [-0.4, -0.2) is 38.1 Å². The highest BCUT2D eigenvalue weighted by molar-refractivity contribution is 5.96. The van der Waals surface area contributed by atoms with Crippen molar-refractivity contribution in [1.82, 2.24) is 10.2 Å². The highest BCUT2D eigenvalue weighted by Gasteiger charge is 2.17. The molecule has 0 aliphatic rings. The van der Waals surface area contributed by atoms with E-state index < -0.39 is 0 Å². The first-order chi connectivity index (χ1) is 12.0. The second-order valence-corrected chi connectivity index (χ2v) is 6.44. The van der Waals surface area contributed by atoms with Crippen molar-refractivity contribution in [2.45, 2.75) is 26.3 Å². The van der Waals surface area contributed by atoms with Crippen LogP contribution in [0.25, 0.3) is 0 Å². The summed E-state index contributed by atoms with van der Waals surface area (Å²) in [5.41, 5.74) is 3.00. The Hall–Kier alpha value is -2.33. The van der Waals surface area contributed by atoms with Gasteiger partial charge in [-0.2, -0.15) is 0 Å². The number of hydrogen-bond donors (Lipinski definition) is 1. The zero-order valence-electron chi connectivity index (χ0n) is 15.6. The lowest BCUT2D eigenvalue weighted by Gasteiger charge is -2.25. The van der Waals surface area contributed by atoms with Gasteiger partial charge in [0.1, 0.15) is 5.75 Å². The van der Waals surface area contributed by atoms with Crippen molar-refractivity contribution in [2.75, 3.05) is 27.2 Å². The van der Waals surface area contributed by atoms with Gasteiger partial charge in [0.05, 0.1) is 18.2 Å². The lowest BCUT2D eigenvalue weighted by Crippen LogP contribution is -2.34. The Morgan fingerprint density at radius 1 is 1.12 bits per heavy atom. The van der Waals surface area contributed by atoms with Crippen LogP contribution in [0.3, 0.4) is 0 Å². The van der Waals surface area contributed by atoms with E-state index in [9.17, 15) is 4.79 Å². The predicted octanol–water partition coefficient (Wildman–Crippen LogP) is 3.82. The fourth-order valence-electron chi connectivity index (χ4n) is 2.66. The molecule has 0 aliphatic heterocycles. The van der Waals surface area contributed by atoms with E-state index >= 15 is 0 Å². The zero-order valence-corrected chi connectivity index (χ0v) is 15.6. The van der Waals surface area contributed by atoms with Crippen LogP contribution in [0.5, 0.6) is 5.75 Å². The van der Waals surface area contributed by atoms with Gasteiger partial charge >= 0.3 is 0 Å². The number of carbonyl (C=O) groups excluding carboxylic acids is 1. The number of rotatable bonds is 8. The van der Waals surface area contributed by atoms with Crippen LogP contribution in [0.2, 0.25) is 0 Å². The lowest BCUT2D eigenvalue weighted by molar-refractivity contribution is 0.0938. The SMILES string of the molecule is CCCOc1ccccc1C(=O)NC[C@@H](c1ccc(C)cc1)N(C)C. The quantitative estimate of drug-likeness (QED) is 0.794. The summed E-state index contributed by atoms with van der Waals surface area (Å²) in [6.07, 6.45) is 0.909. The Labute approximate surface area is 150 Å². The van der Waals surface area contributed by atoms with E-state index in [0.29, 0.717) is 24.5 Å². The van der Waals surface area contributed by atoms with Gasteiger partial charge in [0, 0.05) is 6.54 Å². The third-order valence-corrected chi connectivity index (χ3v) is 4.13. The highest BCUT2D eigenvalue weighted by Crippen LogP contribution is 2.20. The van der Waals surface area contributed by atoms with Crippen LogP contribution in [0.1, 0.15) is 40.9 Å². The molecule has 0 heterocycles. The number of carbonyl (C=O) groups is 1. The molecular formula is C21H28N2O2. The van der Waals surface area contributed by atoms with E-state index in [1.54, 1.807) is 6.07 Å². The number of amides is 1. The van der Waals surface area contributed by atoms with Crippen LogP contribution in [-0.2, 0) is 0 Å². The maximum Gasteiger partial charge on any atom is 0.255 e. The molecule has 25 heavy (non-hydrogen) atoms. The third kappa shape index (κ3) is 5.33. The summed E-state index contributed by atoms with van der Waals surface area (Å²) >= 11 is 0. The summed E-state index contributed by atoms with van der Waals surface area (Å²) in [7, 11) is 4.05. The van der Waals surface area contributed by atoms with Crippen molar-refractivity contribution in [1.29, 1.82) is 0 Å². The molecule has 2 rings (SSSR count). The third-order valence-electron chi connectivity index (χ3n) is 4.13. The predicted molar refractivity (Wildman–Crippen MR) is 102 cm³/mol. The zero-order chi connectivity index (χ0) is 18.2. The van der Waals surface area contributed by atoms with Crippen LogP contribution in [0.15, 0.2) is 48.5 Å². The van der Waals surface area contributed by atoms with Gasteiger partial charge in [0.2, 0.25) is 0 Å². The van der Waals surface area contributed by atoms with Crippen molar-refractivity contribution in [3.05, 3.63) is 65.2 Å². The van der Waals surface area contributed by atoms with Crippen molar-refractivity contribution >= 4 is 5.91 Å². The average molecular weight is 340 g/mol. The standard InChI is InChI=1S/C21H28N2O2/c1-5-14-25-20-9-7-6-8-18(20)21(24)22-15-19(23(3)4)17-12-10-16(2)11-13-17/h6-13,19H,5,14-15H2,1-4H3,(H,22,24)/t19-/m0/s1. The van der Waals surface area contributed by atoms with Crippen LogP contribution < -0.4 is 10.1 Å². The summed E-state index contributed by atoms with van der Waals surface area (Å²) in [6, 6.07) is 15.9. The molecule has 1 amide bonds. The van der Waals surface area contributed by atoms with E-state index in [-0.39, 0.29) is 11.9 Å². The molecule has 0 spiro atoms. The number of para-hydroxylation sites is 1. The molecule has 0 saturated carbocycles. The Kier molecular flexibility index (Phi) is 7.02. The molecule has 134 valence electrons. The molecule has 0 saturated heterocycles. The van der Waals surface area contributed by atoms with Gasteiger partial charge < -0.3 is 15.0 Å². The van der Waals surface area contributed by atoms with Crippen molar-refractivity contribution in [2.24, 2.45) is 0 Å². The van der Waals surface area contributed by atoms with E-state index in [2.05, 4.69) is 41.4 Å². The molecule has 0 unspecified atom stereocenters. The fraction of sp³-hybridized carbons (Fsp3) is 0.381. The normalized spacial score (nSPS) is 12.0. The molecule has 2 aromatic carbocycles. The Morgan fingerprint density at radius 2 is 1.80 bits per heavy atom.